The Morgan fingerprint density at radius 3 is 2.65 bits per heavy atom. The number of likely N-dealkylation sites (tertiary alicyclic amines) is 1. The third-order valence-corrected chi connectivity index (χ3v) is 3.79. The Hall–Kier alpha value is -0.160. The number of nitrogens with zero attached hydrogens (tertiary/aromatic N) is 1. The van der Waals surface area contributed by atoms with E-state index in [9.17, 15) is 0 Å². The van der Waals surface area contributed by atoms with Gasteiger partial charge in [-0.1, -0.05) is 0 Å². The Morgan fingerprint density at radius 1 is 1.24 bits per heavy atom. The van der Waals surface area contributed by atoms with Gasteiger partial charge in [-0.2, -0.15) is 0 Å². The fourth-order valence-electron chi connectivity index (χ4n) is 3.02. The lowest BCUT2D eigenvalue weighted by atomic mass is 9.94. The van der Waals surface area contributed by atoms with Gasteiger partial charge in [0.1, 0.15) is 0 Å². The Balaban J connectivity index is 1.78. The second-order valence-corrected chi connectivity index (χ2v) is 5.02. The highest BCUT2D eigenvalue weighted by molar-refractivity contribution is 4.91. The zero-order valence-corrected chi connectivity index (χ0v) is 11.2. The van der Waals surface area contributed by atoms with Crippen LogP contribution in [-0.4, -0.2) is 56.6 Å². The molecular weight excluding hydrogens is 216 g/mol. The second-order valence-electron chi connectivity index (χ2n) is 5.02. The van der Waals surface area contributed by atoms with Crippen molar-refractivity contribution in [3.8, 4) is 0 Å². The van der Waals surface area contributed by atoms with Crippen LogP contribution in [0.3, 0.4) is 0 Å². The highest BCUT2D eigenvalue weighted by atomic mass is 16.7. The molecule has 17 heavy (non-hydrogen) atoms. The van der Waals surface area contributed by atoms with Gasteiger partial charge >= 0.3 is 0 Å². The minimum absolute atomic E-state index is 0.0508. The maximum Gasteiger partial charge on any atom is 0.170 e. The lowest BCUT2D eigenvalue weighted by molar-refractivity contribution is -0.145. The number of nitrogens with one attached hydrogen (secondary N) is 1. The van der Waals surface area contributed by atoms with E-state index < -0.39 is 0 Å². The largest absolute Gasteiger partial charge is 0.352 e. The molecule has 0 amide bonds. The molecule has 0 bridgehead atoms. The first kappa shape index (κ1) is 13.3. The standard InChI is InChI=1S/C13H26N2O2/c1-3-16-13(17-4-2)10-15-8-11-6-5-7-14-12(11)9-15/h11-14H,3-10H2,1-2H3. The molecule has 100 valence electrons. The Labute approximate surface area is 105 Å². The lowest BCUT2D eigenvalue weighted by Crippen LogP contribution is -2.41. The first-order chi connectivity index (χ1) is 8.33. The van der Waals surface area contributed by atoms with Crippen LogP contribution in [0.25, 0.3) is 0 Å². The van der Waals surface area contributed by atoms with Gasteiger partial charge in [0.25, 0.3) is 0 Å². The van der Waals surface area contributed by atoms with E-state index in [-0.39, 0.29) is 6.29 Å². The summed E-state index contributed by atoms with van der Waals surface area (Å²) in [6.45, 7) is 9.96. The number of fused-ring (bicyclic) bond motifs is 1. The maximum atomic E-state index is 5.61. The summed E-state index contributed by atoms with van der Waals surface area (Å²) in [4.78, 5) is 2.49. The van der Waals surface area contributed by atoms with Gasteiger partial charge in [-0.05, 0) is 39.2 Å². The van der Waals surface area contributed by atoms with E-state index in [1.54, 1.807) is 0 Å². The molecule has 2 unspecified atom stereocenters. The van der Waals surface area contributed by atoms with E-state index >= 15 is 0 Å². The number of hydrogen-bond donors (Lipinski definition) is 1. The van der Waals surface area contributed by atoms with E-state index in [2.05, 4.69) is 10.2 Å². The van der Waals surface area contributed by atoms with Crippen molar-refractivity contribution in [2.24, 2.45) is 5.92 Å². The molecule has 0 aromatic rings. The molecule has 0 radical (unpaired) electrons. The molecule has 2 fully saturated rings. The van der Waals surface area contributed by atoms with Gasteiger partial charge in [-0.25, -0.2) is 0 Å². The summed E-state index contributed by atoms with van der Waals surface area (Å²) in [5.74, 6) is 0.840. The van der Waals surface area contributed by atoms with Gasteiger partial charge in [0.15, 0.2) is 6.29 Å². The average molecular weight is 242 g/mol. The van der Waals surface area contributed by atoms with Crippen LogP contribution in [0.5, 0.6) is 0 Å². The predicted octanol–water partition coefficient (Wildman–Crippen LogP) is 1.07. The quantitative estimate of drug-likeness (QED) is 0.706. The number of hydrogen-bond acceptors (Lipinski definition) is 4. The third-order valence-electron chi connectivity index (χ3n) is 3.79. The van der Waals surface area contributed by atoms with Crippen LogP contribution in [0.4, 0.5) is 0 Å². The van der Waals surface area contributed by atoms with E-state index in [1.165, 1.54) is 25.9 Å². The van der Waals surface area contributed by atoms with E-state index in [4.69, 9.17) is 9.47 Å². The lowest BCUT2D eigenvalue weighted by Gasteiger charge is -2.24. The molecule has 0 aliphatic carbocycles. The maximum absolute atomic E-state index is 5.61. The van der Waals surface area contributed by atoms with Crippen molar-refractivity contribution < 1.29 is 9.47 Å². The zero-order chi connectivity index (χ0) is 12.1. The molecule has 0 saturated carbocycles. The normalized spacial score (nSPS) is 29.8. The van der Waals surface area contributed by atoms with Gasteiger partial charge < -0.3 is 14.8 Å². The van der Waals surface area contributed by atoms with Crippen LogP contribution in [0, 0.1) is 5.92 Å². The number of piperidine rings is 1. The van der Waals surface area contributed by atoms with Crippen LogP contribution in [0.1, 0.15) is 26.7 Å². The van der Waals surface area contributed by atoms with Crippen molar-refractivity contribution >= 4 is 0 Å². The Kier molecular flexibility index (Phi) is 5.22. The summed E-state index contributed by atoms with van der Waals surface area (Å²) in [5.41, 5.74) is 0. The van der Waals surface area contributed by atoms with E-state index in [0.717, 1.165) is 32.2 Å². The van der Waals surface area contributed by atoms with Crippen molar-refractivity contribution in [2.75, 3.05) is 39.4 Å². The smallest absolute Gasteiger partial charge is 0.170 e. The zero-order valence-electron chi connectivity index (χ0n) is 11.2. The SMILES string of the molecule is CCOC(CN1CC2CCCNC2C1)OCC. The highest BCUT2D eigenvalue weighted by Crippen LogP contribution is 2.25. The molecule has 2 aliphatic rings. The first-order valence-electron chi connectivity index (χ1n) is 7.02. The summed E-state index contributed by atoms with van der Waals surface area (Å²) < 4.78 is 11.2. The minimum atomic E-state index is -0.0508. The molecule has 4 heteroatoms. The minimum Gasteiger partial charge on any atom is -0.352 e. The summed E-state index contributed by atoms with van der Waals surface area (Å²) in [7, 11) is 0. The Bertz CT molecular complexity index is 205. The fourth-order valence-corrected chi connectivity index (χ4v) is 3.02. The summed E-state index contributed by atoms with van der Waals surface area (Å²) in [5, 5.41) is 3.62. The number of rotatable bonds is 6. The molecule has 0 aromatic carbocycles. The monoisotopic (exact) mass is 242 g/mol. The Morgan fingerprint density at radius 2 is 2.00 bits per heavy atom. The van der Waals surface area contributed by atoms with Gasteiger partial charge in [-0.3, -0.25) is 4.90 Å². The van der Waals surface area contributed by atoms with Crippen LogP contribution in [-0.2, 0) is 9.47 Å². The number of ether oxygens (including phenoxy) is 2. The van der Waals surface area contributed by atoms with E-state index in [0.29, 0.717) is 6.04 Å². The molecule has 2 rings (SSSR count). The average Bonchev–Trinajstić information content (AvgIpc) is 2.71. The van der Waals surface area contributed by atoms with Crippen molar-refractivity contribution in [3.05, 3.63) is 0 Å². The van der Waals surface area contributed by atoms with Gasteiger partial charge in [0.05, 0.1) is 0 Å². The molecule has 0 aromatic heterocycles. The summed E-state index contributed by atoms with van der Waals surface area (Å²) in [6.07, 6.45) is 2.66. The van der Waals surface area contributed by atoms with Crippen LogP contribution in [0.15, 0.2) is 0 Å². The van der Waals surface area contributed by atoms with Gasteiger partial charge in [0, 0.05) is 38.9 Å². The molecule has 0 spiro atoms. The molecular formula is C13H26N2O2. The van der Waals surface area contributed by atoms with Crippen molar-refractivity contribution in [1.82, 2.24) is 10.2 Å². The summed E-state index contributed by atoms with van der Waals surface area (Å²) >= 11 is 0. The van der Waals surface area contributed by atoms with Crippen molar-refractivity contribution in [1.29, 1.82) is 0 Å². The summed E-state index contributed by atoms with van der Waals surface area (Å²) in [6, 6.07) is 0.702. The van der Waals surface area contributed by atoms with Crippen LogP contribution < -0.4 is 5.32 Å². The van der Waals surface area contributed by atoms with Gasteiger partial charge in [-0.15, -0.1) is 0 Å². The predicted molar refractivity (Wildman–Crippen MR) is 68.0 cm³/mol. The van der Waals surface area contributed by atoms with Crippen LogP contribution >= 0.6 is 0 Å². The molecule has 2 saturated heterocycles. The van der Waals surface area contributed by atoms with Crippen molar-refractivity contribution in [3.63, 3.8) is 0 Å². The molecule has 1 N–H and O–H groups in total. The fraction of sp³-hybridized carbons (Fsp3) is 1.00. The third kappa shape index (κ3) is 3.65. The van der Waals surface area contributed by atoms with Gasteiger partial charge in [0.2, 0.25) is 0 Å². The van der Waals surface area contributed by atoms with E-state index in [1.807, 2.05) is 13.8 Å². The molecule has 2 atom stereocenters. The second kappa shape index (κ2) is 6.69. The van der Waals surface area contributed by atoms with Crippen molar-refractivity contribution in [2.45, 2.75) is 39.0 Å². The first-order valence-corrected chi connectivity index (χ1v) is 7.02. The molecule has 2 aliphatic heterocycles. The molecule has 2 heterocycles. The highest BCUT2D eigenvalue weighted by Gasteiger charge is 2.34. The van der Waals surface area contributed by atoms with Crippen LogP contribution in [0.2, 0.25) is 0 Å². The topological polar surface area (TPSA) is 33.7 Å². The molecule has 4 nitrogen and oxygen atoms in total.